The molecule has 0 aliphatic heterocycles. The van der Waals surface area contributed by atoms with Gasteiger partial charge in [0.25, 0.3) is 0 Å². The fourth-order valence-corrected chi connectivity index (χ4v) is 2.90. The fraction of sp³-hybridized carbons (Fsp3) is 0.222. The topological polar surface area (TPSA) is 80.0 Å². The van der Waals surface area contributed by atoms with Crippen LogP contribution in [-0.2, 0) is 4.74 Å². The number of anilines is 3. The summed E-state index contributed by atoms with van der Waals surface area (Å²) >= 11 is 9.52. The summed E-state index contributed by atoms with van der Waals surface area (Å²) in [4.78, 5) is 18.0. The molecule has 0 saturated heterocycles. The fourth-order valence-electron chi connectivity index (χ4n) is 2.18. The molecule has 3 N–H and O–H groups in total. The molecule has 6 nitrogen and oxygen atoms in total. The highest BCUT2D eigenvalue weighted by atomic mass is 79.9. The van der Waals surface area contributed by atoms with E-state index in [-0.39, 0.29) is 29.2 Å². The van der Waals surface area contributed by atoms with Crippen molar-refractivity contribution >= 4 is 62.6 Å². The summed E-state index contributed by atoms with van der Waals surface area (Å²) in [6.45, 7) is 1.80. The van der Waals surface area contributed by atoms with Crippen LogP contribution in [0.3, 0.4) is 0 Å². The maximum atomic E-state index is 15.2. The van der Waals surface area contributed by atoms with E-state index in [1.807, 2.05) is 0 Å². The number of aliphatic imine (C=N–C) groups is 1. The highest BCUT2D eigenvalue weighted by Crippen LogP contribution is 2.38. The Balaban J connectivity index is 2.62. The first-order valence-electron chi connectivity index (χ1n) is 7.96. The number of halogens is 3. The average Bonchev–Trinajstić information content (AvgIpc) is 2.58. The van der Waals surface area contributed by atoms with E-state index in [4.69, 9.17) is 22.1 Å². The van der Waals surface area contributed by atoms with Crippen molar-refractivity contribution in [2.24, 2.45) is 4.99 Å². The Morgan fingerprint density at radius 3 is 2.74 bits per heavy atom. The van der Waals surface area contributed by atoms with E-state index in [9.17, 15) is 4.79 Å². The summed E-state index contributed by atoms with van der Waals surface area (Å²) in [5.41, 5.74) is 6.09. The smallest absolute Gasteiger partial charge is 0.340 e. The zero-order valence-electron chi connectivity index (χ0n) is 15.0. The number of benzene rings is 2. The normalized spacial score (nSPS) is 10.9. The van der Waals surface area contributed by atoms with Gasteiger partial charge in [-0.05, 0) is 31.2 Å². The van der Waals surface area contributed by atoms with E-state index in [0.717, 1.165) is 4.47 Å². The molecule has 27 heavy (non-hydrogen) atoms. The van der Waals surface area contributed by atoms with Crippen molar-refractivity contribution in [2.45, 2.75) is 6.92 Å². The SMILES string of the molecule is CCOC(=O)c1cc(N)c(N=CN(C)C)c(F)c1Nc1ccc(Br)cc1Cl. The van der Waals surface area contributed by atoms with Crippen LogP contribution < -0.4 is 11.1 Å². The number of nitrogens with zero attached hydrogens (tertiary/aromatic N) is 2. The summed E-state index contributed by atoms with van der Waals surface area (Å²) in [7, 11) is 3.48. The predicted molar refractivity (Wildman–Crippen MR) is 111 cm³/mol. The molecule has 9 heteroatoms. The number of hydrogen-bond donors (Lipinski definition) is 2. The number of hydrogen-bond acceptors (Lipinski definition) is 5. The largest absolute Gasteiger partial charge is 0.462 e. The number of nitrogens with one attached hydrogen (secondary N) is 1. The highest BCUT2D eigenvalue weighted by Gasteiger charge is 2.23. The van der Waals surface area contributed by atoms with Gasteiger partial charge in [0, 0.05) is 18.6 Å². The van der Waals surface area contributed by atoms with Crippen LogP contribution in [0, 0.1) is 5.82 Å². The quantitative estimate of drug-likeness (QED) is 0.277. The molecule has 0 aromatic heterocycles. The number of nitrogens with two attached hydrogens (primary N) is 1. The molecule has 0 bridgehead atoms. The van der Waals surface area contributed by atoms with Crippen LogP contribution in [-0.4, -0.2) is 37.9 Å². The van der Waals surface area contributed by atoms with Crippen molar-refractivity contribution in [2.75, 3.05) is 31.8 Å². The van der Waals surface area contributed by atoms with Gasteiger partial charge in [-0.25, -0.2) is 14.2 Å². The van der Waals surface area contributed by atoms with Gasteiger partial charge in [0.05, 0.1) is 40.6 Å². The van der Waals surface area contributed by atoms with E-state index < -0.39 is 11.8 Å². The Hall–Kier alpha value is -2.32. The second-order valence-electron chi connectivity index (χ2n) is 5.73. The van der Waals surface area contributed by atoms with E-state index in [1.165, 1.54) is 12.4 Å². The lowest BCUT2D eigenvalue weighted by Gasteiger charge is -2.16. The molecule has 0 spiro atoms. The van der Waals surface area contributed by atoms with Crippen molar-refractivity contribution in [1.29, 1.82) is 0 Å². The molecule has 2 rings (SSSR count). The predicted octanol–water partition coefficient (Wildman–Crippen LogP) is 4.97. The van der Waals surface area contributed by atoms with Gasteiger partial charge in [-0.2, -0.15) is 0 Å². The standard InChI is InChI=1S/C18H19BrClFN4O2/c1-4-27-18(26)11-8-13(22)17(23-9-25(2)3)15(21)16(11)24-14-6-5-10(19)7-12(14)20/h5-9,24H,4,22H2,1-3H3. The molecule has 0 amide bonds. The number of carbonyl (C=O) groups is 1. The summed E-state index contributed by atoms with van der Waals surface area (Å²) in [6.07, 6.45) is 1.41. The summed E-state index contributed by atoms with van der Waals surface area (Å²) < 4.78 is 21.0. The third kappa shape index (κ3) is 5.11. The number of nitrogen functional groups attached to an aromatic ring is 1. The monoisotopic (exact) mass is 456 g/mol. The van der Waals surface area contributed by atoms with Crippen molar-refractivity contribution in [3.8, 4) is 0 Å². The Morgan fingerprint density at radius 2 is 2.15 bits per heavy atom. The maximum absolute atomic E-state index is 15.2. The molecule has 0 unspecified atom stereocenters. The van der Waals surface area contributed by atoms with Gasteiger partial charge in [-0.1, -0.05) is 27.5 Å². The molecular formula is C18H19BrClFN4O2. The lowest BCUT2D eigenvalue weighted by molar-refractivity contribution is 0.0527. The first kappa shape index (κ1) is 21.0. The molecular weight excluding hydrogens is 439 g/mol. The summed E-state index contributed by atoms with van der Waals surface area (Å²) in [6, 6.07) is 6.37. The van der Waals surface area contributed by atoms with Gasteiger partial charge in [0.15, 0.2) is 5.82 Å². The zero-order chi connectivity index (χ0) is 20.1. The Bertz CT molecular complexity index is 890. The third-order valence-corrected chi connectivity index (χ3v) is 4.18. The lowest BCUT2D eigenvalue weighted by atomic mass is 10.1. The van der Waals surface area contributed by atoms with Crippen LogP contribution in [0.25, 0.3) is 0 Å². The average molecular weight is 458 g/mol. The minimum Gasteiger partial charge on any atom is -0.462 e. The molecule has 144 valence electrons. The molecule has 0 atom stereocenters. The van der Waals surface area contributed by atoms with E-state index in [2.05, 4.69) is 26.2 Å². The molecule has 0 heterocycles. The van der Waals surface area contributed by atoms with Crippen molar-refractivity contribution in [1.82, 2.24) is 4.90 Å². The first-order chi connectivity index (χ1) is 12.7. The molecule has 0 aliphatic rings. The summed E-state index contributed by atoms with van der Waals surface area (Å²) in [5, 5.41) is 3.20. The third-order valence-electron chi connectivity index (χ3n) is 3.37. The van der Waals surface area contributed by atoms with Crippen LogP contribution in [0.4, 0.5) is 27.1 Å². The van der Waals surface area contributed by atoms with Gasteiger partial charge in [-0.15, -0.1) is 0 Å². The Morgan fingerprint density at radius 1 is 1.44 bits per heavy atom. The molecule has 0 saturated carbocycles. The Kier molecular flexibility index (Phi) is 7.04. The number of rotatable bonds is 6. The second-order valence-corrected chi connectivity index (χ2v) is 7.05. The van der Waals surface area contributed by atoms with E-state index in [1.54, 1.807) is 44.1 Å². The van der Waals surface area contributed by atoms with Gasteiger partial charge in [0.1, 0.15) is 5.69 Å². The molecule has 2 aromatic carbocycles. The van der Waals surface area contributed by atoms with Gasteiger partial charge in [-0.3, -0.25) is 0 Å². The maximum Gasteiger partial charge on any atom is 0.340 e. The van der Waals surface area contributed by atoms with Crippen molar-refractivity contribution in [3.05, 3.63) is 45.1 Å². The number of carbonyl (C=O) groups excluding carboxylic acids is 1. The molecule has 0 fully saturated rings. The van der Waals surface area contributed by atoms with Crippen LogP contribution >= 0.6 is 27.5 Å². The van der Waals surface area contributed by atoms with E-state index in [0.29, 0.717) is 10.7 Å². The first-order valence-corrected chi connectivity index (χ1v) is 9.13. The minimum atomic E-state index is -0.782. The highest BCUT2D eigenvalue weighted by molar-refractivity contribution is 9.10. The number of esters is 1. The molecule has 0 radical (unpaired) electrons. The van der Waals surface area contributed by atoms with Crippen LogP contribution in [0.2, 0.25) is 5.02 Å². The van der Waals surface area contributed by atoms with Crippen molar-refractivity contribution in [3.63, 3.8) is 0 Å². The van der Waals surface area contributed by atoms with Crippen LogP contribution in [0.15, 0.2) is 33.7 Å². The number of ether oxygens (including phenoxy) is 1. The van der Waals surface area contributed by atoms with Gasteiger partial charge >= 0.3 is 5.97 Å². The van der Waals surface area contributed by atoms with Gasteiger partial charge in [0.2, 0.25) is 0 Å². The van der Waals surface area contributed by atoms with Crippen LogP contribution in [0.5, 0.6) is 0 Å². The lowest BCUT2D eigenvalue weighted by Crippen LogP contribution is -2.12. The zero-order valence-corrected chi connectivity index (χ0v) is 17.4. The summed E-state index contributed by atoms with van der Waals surface area (Å²) in [5.74, 6) is -1.49. The molecule has 0 aliphatic carbocycles. The van der Waals surface area contributed by atoms with Crippen LogP contribution in [0.1, 0.15) is 17.3 Å². The van der Waals surface area contributed by atoms with Crippen molar-refractivity contribution < 1.29 is 13.9 Å². The Labute approximate surface area is 170 Å². The van der Waals surface area contributed by atoms with Gasteiger partial charge < -0.3 is 20.7 Å². The molecule has 2 aromatic rings. The van der Waals surface area contributed by atoms with E-state index >= 15 is 4.39 Å². The minimum absolute atomic E-state index is 0.0149. The second kappa shape index (κ2) is 9.05.